The van der Waals surface area contributed by atoms with Gasteiger partial charge in [-0.3, -0.25) is 4.79 Å². The maximum absolute atomic E-state index is 11.3. The van der Waals surface area contributed by atoms with Crippen molar-refractivity contribution in [3.63, 3.8) is 0 Å². The fourth-order valence-electron chi connectivity index (χ4n) is 0.914. The second kappa shape index (κ2) is 4.36. The number of rotatable bonds is 3. The Bertz CT molecular complexity index is 371. The zero-order chi connectivity index (χ0) is 10.7. The van der Waals surface area contributed by atoms with E-state index in [0.717, 1.165) is 0 Å². The first-order valence-electron chi connectivity index (χ1n) is 3.91. The molecule has 76 valence electrons. The number of carbonyl (C=O) groups excluding carboxylic acids is 2. The lowest BCUT2D eigenvalue weighted by atomic mass is 10.2. The SMILES string of the molecule is CCOC(=O)c1noc(Br)c1C(C)=O. The minimum absolute atomic E-state index is 0.0915. The number of ketones is 1. The van der Waals surface area contributed by atoms with E-state index in [-0.39, 0.29) is 28.3 Å². The number of esters is 1. The molecule has 0 amide bonds. The van der Waals surface area contributed by atoms with E-state index in [2.05, 4.69) is 25.6 Å². The van der Waals surface area contributed by atoms with Crippen molar-refractivity contribution in [2.24, 2.45) is 0 Å². The average Bonchev–Trinajstić information content (AvgIpc) is 2.47. The van der Waals surface area contributed by atoms with Gasteiger partial charge < -0.3 is 9.26 Å². The standard InChI is InChI=1S/C8H8BrNO4/c1-3-13-8(12)6-5(4(2)11)7(9)14-10-6/h3H2,1-2H3. The molecular formula is C8H8BrNO4. The molecule has 6 heteroatoms. The van der Waals surface area contributed by atoms with Crippen LogP contribution in [-0.4, -0.2) is 23.5 Å². The van der Waals surface area contributed by atoms with Crippen molar-refractivity contribution in [2.75, 3.05) is 6.61 Å². The van der Waals surface area contributed by atoms with Crippen LogP contribution in [0.2, 0.25) is 0 Å². The van der Waals surface area contributed by atoms with Gasteiger partial charge in [0.15, 0.2) is 5.78 Å². The molecule has 14 heavy (non-hydrogen) atoms. The summed E-state index contributed by atoms with van der Waals surface area (Å²) in [6, 6.07) is 0. The number of nitrogens with zero attached hydrogens (tertiary/aromatic N) is 1. The molecule has 0 N–H and O–H groups in total. The molecule has 0 atom stereocenters. The number of aromatic nitrogens is 1. The van der Waals surface area contributed by atoms with E-state index in [1.807, 2.05) is 0 Å². The summed E-state index contributed by atoms with van der Waals surface area (Å²) in [7, 11) is 0. The lowest BCUT2D eigenvalue weighted by Gasteiger charge is -1.97. The van der Waals surface area contributed by atoms with Gasteiger partial charge in [-0.15, -0.1) is 0 Å². The van der Waals surface area contributed by atoms with Crippen molar-refractivity contribution in [3.05, 3.63) is 15.9 Å². The molecule has 0 aliphatic heterocycles. The van der Waals surface area contributed by atoms with Gasteiger partial charge in [0.2, 0.25) is 10.4 Å². The average molecular weight is 262 g/mol. The van der Waals surface area contributed by atoms with Crippen LogP contribution in [0.4, 0.5) is 0 Å². The van der Waals surface area contributed by atoms with E-state index in [4.69, 9.17) is 4.74 Å². The Hall–Kier alpha value is -1.17. The summed E-state index contributed by atoms with van der Waals surface area (Å²) < 4.78 is 9.51. The van der Waals surface area contributed by atoms with Gasteiger partial charge >= 0.3 is 5.97 Å². The Labute approximate surface area is 88.5 Å². The number of hydrogen-bond acceptors (Lipinski definition) is 5. The van der Waals surface area contributed by atoms with E-state index in [0.29, 0.717) is 0 Å². The van der Waals surface area contributed by atoms with Gasteiger partial charge in [0.25, 0.3) is 0 Å². The van der Waals surface area contributed by atoms with Crippen molar-refractivity contribution in [3.8, 4) is 0 Å². The maximum atomic E-state index is 11.3. The Morgan fingerprint density at radius 2 is 2.21 bits per heavy atom. The molecule has 0 aliphatic rings. The molecule has 1 rings (SSSR count). The molecule has 1 aromatic heterocycles. The summed E-state index contributed by atoms with van der Waals surface area (Å²) in [6.07, 6.45) is 0. The van der Waals surface area contributed by atoms with E-state index < -0.39 is 5.97 Å². The molecular weight excluding hydrogens is 254 g/mol. The van der Waals surface area contributed by atoms with Crippen LogP contribution >= 0.6 is 15.9 Å². The van der Waals surface area contributed by atoms with Crippen LogP contribution in [0.15, 0.2) is 9.19 Å². The molecule has 0 fully saturated rings. The monoisotopic (exact) mass is 261 g/mol. The summed E-state index contributed by atoms with van der Waals surface area (Å²) in [6.45, 7) is 3.21. The van der Waals surface area contributed by atoms with Crippen molar-refractivity contribution in [1.82, 2.24) is 5.16 Å². The fourth-order valence-corrected chi connectivity index (χ4v) is 1.45. The van der Waals surface area contributed by atoms with E-state index in [9.17, 15) is 9.59 Å². The van der Waals surface area contributed by atoms with Crippen LogP contribution in [-0.2, 0) is 4.74 Å². The van der Waals surface area contributed by atoms with Crippen LogP contribution in [0, 0.1) is 0 Å². The summed E-state index contributed by atoms with van der Waals surface area (Å²) in [4.78, 5) is 22.4. The molecule has 0 aliphatic carbocycles. The normalized spacial score (nSPS) is 9.93. The molecule has 0 aromatic carbocycles. The summed E-state index contributed by atoms with van der Waals surface area (Å²) in [5, 5.41) is 3.44. The van der Waals surface area contributed by atoms with Crippen molar-refractivity contribution in [1.29, 1.82) is 0 Å². The summed E-state index contributed by atoms with van der Waals surface area (Å²) in [5.41, 5.74) is 0.0228. The molecule has 0 spiro atoms. The topological polar surface area (TPSA) is 69.4 Å². The smallest absolute Gasteiger partial charge is 0.361 e. The number of Topliss-reactive ketones (excluding diaryl/α,β-unsaturated/α-hetero) is 1. The Morgan fingerprint density at radius 3 is 2.71 bits per heavy atom. The predicted molar refractivity (Wildman–Crippen MR) is 50.2 cm³/mol. The highest BCUT2D eigenvalue weighted by Gasteiger charge is 2.24. The third-order valence-electron chi connectivity index (χ3n) is 1.47. The molecule has 0 bridgehead atoms. The second-order valence-electron chi connectivity index (χ2n) is 2.46. The third kappa shape index (κ3) is 2.01. The quantitative estimate of drug-likeness (QED) is 0.613. The lowest BCUT2D eigenvalue weighted by Crippen LogP contribution is -2.09. The highest BCUT2D eigenvalue weighted by atomic mass is 79.9. The van der Waals surface area contributed by atoms with Gasteiger partial charge in [0, 0.05) is 0 Å². The van der Waals surface area contributed by atoms with Crippen LogP contribution in [0.3, 0.4) is 0 Å². The Morgan fingerprint density at radius 1 is 1.57 bits per heavy atom. The summed E-state index contributed by atoms with van der Waals surface area (Å²) in [5.74, 6) is -0.965. The van der Waals surface area contributed by atoms with Gasteiger partial charge in [-0.1, -0.05) is 5.16 Å². The molecule has 0 radical (unpaired) electrons. The largest absolute Gasteiger partial charge is 0.461 e. The first-order chi connectivity index (χ1) is 6.57. The first kappa shape index (κ1) is 10.9. The summed E-state index contributed by atoms with van der Waals surface area (Å²) >= 11 is 2.98. The van der Waals surface area contributed by atoms with Gasteiger partial charge in [-0.05, 0) is 29.8 Å². The second-order valence-corrected chi connectivity index (χ2v) is 3.18. The van der Waals surface area contributed by atoms with Gasteiger partial charge in [-0.25, -0.2) is 4.79 Å². The van der Waals surface area contributed by atoms with Crippen LogP contribution < -0.4 is 0 Å². The minimum atomic E-state index is -0.660. The predicted octanol–water partition coefficient (Wildman–Crippen LogP) is 1.82. The fraction of sp³-hybridized carbons (Fsp3) is 0.375. The molecule has 0 saturated carbocycles. The van der Waals surface area contributed by atoms with Gasteiger partial charge in [0.1, 0.15) is 5.56 Å². The number of hydrogen-bond donors (Lipinski definition) is 0. The third-order valence-corrected chi connectivity index (χ3v) is 2.01. The van der Waals surface area contributed by atoms with Gasteiger partial charge in [-0.2, -0.15) is 0 Å². The van der Waals surface area contributed by atoms with Crippen molar-refractivity contribution < 1.29 is 18.8 Å². The number of ether oxygens (including phenoxy) is 1. The molecule has 1 aromatic rings. The zero-order valence-corrected chi connectivity index (χ0v) is 9.25. The van der Waals surface area contributed by atoms with Crippen LogP contribution in [0.5, 0.6) is 0 Å². The first-order valence-corrected chi connectivity index (χ1v) is 4.70. The van der Waals surface area contributed by atoms with E-state index in [1.165, 1.54) is 6.92 Å². The molecule has 1 heterocycles. The Kier molecular flexibility index (Phi) is 3.40. The van der Waals surface area contributed by atoms with Crippen molar-refractivity contribution in [2.45, 2.75) is 13.8 Å². The van der Waals surface area contributed by atoms with Crippen LogP contribution in [0.1, 0.15) is 34.7 Å². The zero-order valence-electron chi connectivity index (χ0n) is 7.67. The minimum Gasteiger partial charge on any atom is -0.461 e. The van der Waals surface area contributed by atoms with Crippen LogP contribution in [0.25, 0.3) is 0 Å². The molecule has 0 unspecified atom stereocenters. The maximum Gasteiger partial charge on any atom is 0.361 e. The number of carbonyl (C=O) groups is 2. The molecule has 5 nitrogen and oxygen atoms in total. The van der Waals surface area contributed by atoms with Crippen molar-refractivity contribution >= 4 is 27.7 Å². The number of halogens is 1. The Balaban J connectivity index is 3.09. The van der Waals surface area contributed by atoms with E-state index in [1.54, 1.807) is 6.92 Å². The highest BCUT2D eigenvalue weighted by Crippen LogP contribution is 2.21. The van der Waals surface area contributed by atoms with Gasteiger partial charge in [0.05, 0.1) is 6.61 Å². The highest BCUT2D eigenvalue weighted by molar-refractivity contribution is 9.10. The molecule has 0 saturated heterocycles. The lowest BCUT2D eigenvalue weighted by molar-refractivity contribution is 0.0512. The van der Waals surface area contributed by atoms with E-state index >= 15 is 0 Å².